The van der Waals surface area contributed by atoms with E-state index in [0.29, 0.717) is 34.0 Å². The summed E-state index contributed by atoms with van der Waals surface area (Å²) in [5.74, 6) is 0.215. The highest BCUT2D eigenvalue weighted by atomic mass is 35.5. The van der Waals surface area contributed by atoms with E-state index in [-0.39, 0.29) is 24.2 Å². The molecule has 0 bridgehead atoms. The first-order valence-electron chi connectivity index (χ1n) is 10.2. The third-order valence-electron chi connectivity index (χ3n) is 5.74. The van der Waals surface area contributed by atoms with E-state index < -0.39 is 0 Å². The standard InChI is InChI=1S/C21H24Cl2N4O2S/c22-17-6-5-16(12-18(17)23)26-7-9-27(10-8-26)19(28)11-15-13-30-21(24-15)25-20(29)14-3-1-2-4-14/h5-6,12-14H,1-4,7-11H2,(H,24,25,29). The number of carbonyl (C=O) groups is 2. The van der Waals surface area contributed by atoms with Gasteiger partial charge in [-0.15, -0.1) is 11.3 Å². The maximum Gasteiger partial charge on any atom is 0.229 e. The van der Waals surface area contributed by atoms with Gasteiger partial charge in [0.05, 0.1) is 22.2 Å². The molecule has 30 heavy (non-hydrogen) atoms. The minimum atomic E-state index is 0.0538. The fraction of sp³-hybridized carbons (Fsp3) is 0.476. The van der Waals surface area contributed by atoms with E-state index in [1.807, 2.05) is 22.4 Å². The van der Waals surface area contributed by atoms with E-state index in [2.05, 4.69) is 15.2 Å². The molecule has 0 unspecified atom stereocenters. The molecule has 1 saturated heterocycles. The number of rotatable bonds is 5. The minimum Gasteiger partial charge on any atom is -0.368 e. The normalized spacial score (nSPS) is 17.4. The summed E-state index contributed by atoms with van der Waals surface area (Å²) < 4.78 is 0. The summed E-state index contributed by atoms with van der Waals surface area (Å²) in [4.78, 5) is 33.4. The van der Waals surface area contributed by atoms with E-state index in [0.717, 1.165) is 44.5 Å². The number of hydrogen-bond acceptors (Lipinski definition) is 5. The molecule has 1 aromatic carbocycles. The van der Waals surface area contributed by atoms with Crippen LogP contribution in [0.5, 0.6) is 0 Å². The van der Waals surface area contributed by atoms with Gasteiger partial charge in [-0.1, -0.05) is 36.0 Å². The Morgan fingerprint density at radius 1 is 1.10 bits per heavy atom. The van der Waals surface area contributed by atoms with Crippen molar-refractivity contribution in [2.75, 3.05) is 36.4 Å². The average Bonchev–Trinajstić information content (AvgIpc) is 3.42. The van der Waals surface area contributed by atoms with Crippen LogP contribution in [0.15, 0.2) is 23.6 Å². The van der Waals surface area contributed by atoms with Gasteiger partial charge < -0.3 is 15.1 Å². The van der Waals surface area contributed by atoms with Crippen molar-refractivity contribution in [3.05, 3.63) is 39.3 Å². The number of amides is 2. The molecule has 1 saturated carbocycles. The van der Waals surface area contributed by atoms with Crippen molar-refractivity contribution in [2.45, 2.75) is 32.1 Å². The summed E-state index contributed by atoms with van der Waals surface area (Å²) in [6.07, 6.45) is 4.40. The minimum absolute atomic E-state index is 0.0538. The van der Waals surface area contributed by atoms with Crippen molar-refractivity contribution in [1.82, 2.24) is 9.88 Å². The van der Waals surface area contributed by atoms with Gasteiger partial charge in [-0.05, 0) is 31.0 Å². The zero-order chi connectivity index (χ0) is 21.1. The number of hydrogen-bond donors (Lipinski definition) is 1. The molecule has 2 fully saturated rings. The number of anilines is 2. The number of nitrogens with one attached hydrogen (secondary N) is 1. The van der Waals surface area contributed by atoms with Crippen molar-refractivity contribution >= 4 is 57.2 Å². The number of aromatic nitrogens is 1. The fourth-order valence-corrected chi connectivity index (χ4v) is 5.01. The lowest BCUT2D eigenvalue weighted by Crippen LogP contribution is -2.49. The van der Waals surface area contributed by atoms with Crippen LogP contribution >= 0.6 is 34.5 Å². The quantitative estimate of drug-likeness (QED) is 0.705. The Hall–Kier alpha value is -1.83. The fourth-order valence-electron chi connectivity index (χ4n) is 4.00. The van der Waals surface area contributed by atoms with Crippen molar-refractivity contribution < 1.29 is 9.59 Å². The molecule has 9 heteroatoms. The van der Waals surface area contributed by atoms with Gasteiger partial charge in [0.2, 0.25) is 11.8 Å². The Balaban J connectivity index is 1.27. The smallest absolute Gasteiger partial charge is 0.229 e. The SMILES string of the molecule is O=C(Nc1nc(CC(=O)N2CCN(c3ccc(Cl)c(Cl)c3)CC2)cs1)C1CCCC1. The molecule has 6 nitrogen and oxygen atoms in total. The third kappa shape index (κ3) is 5.07. The van der Waals surface area contributed by atoms with Gasteiger partial charge in [-0.25, -0.2) is 4.98 Å². The number of nitrogens with zero attached hydrogens (tertiary/aromatic N) is 3. The maximum absolute atomic E-state index is 12.7. The summed E-state index contributed by atoms with van der Waals surface area (Å²) in [7, 11) is 0. The Bertz CT molecular complexity index is 921. The van der Waals surface area contributed by atoms with Crippen LogP contribution in [0.25, 0.3) is 0 Å². The summed E-state index contributed by atoms with van der Waals surface area (Å²) in [5, 5.41) is 6.42. The molecular formula is C21H24Cl2N4O2S. The van der Waals surface area contributed by atoms with E-state index in [1.54, 1.807) is 6.07 Å². The molecule has 2 amide bonds. The highest BCUT2D eigenvalue weighted by Crippen LogP contribution is 2.28. The number of piperazine rings is 1. The second kappa shape index (κ2) is 9.54. The molecule has 2 aromatic rings. The molecule has 4 rings (SSSR count). The highest BCUT2D eigenvalue weighted by Gasteiger charge is 2.25. The molecule has 1 aliphatic carbocycles. The van der Waals surface area contributed by atoms with Crippen molar-refractivity contribution in [2.24, 2.45) is 5.92 Å². The topological polar surface area (TPSA) is 65.5 Å². The van der Waals surface area contributed by atoms with Crippen LogP contribution in [0.4, 0.5) is 10.8 Å². The molecule has 160 valence electrons. The highest BCUT2D eigenvalue weighted by molar-refractivity contribution is 7.13. The largest absolute Gasteiger partial charge is 0.368 e. The second-order valence-electron chi connectivity index (χ2n) is 7.76. The van der Waals surface area contributed by atoms with Crippen LogP contribution in [0, 0.1) is 5.92 Å². The van der Waals surface area contributed by atoms with Gasteiger partial charge in [-0.2, -0.15) is 0 Å². The first-order chi connectivity index (χ1) is 14.5. The van der Waals surface area contributed by atoms with Crippen LogP contribution in [0.1, 0.15) is 31.4 Å². The van der Waals surface area contributed by atoms with Crippen LogP contribution in [-0.2, 0) is 16.0 Å². The Kier molecular flexibility index (Phi) is 6.80. The molecule has 1 N–H and O–H groups in total. The third-order valence-corrected chi connectivity index (χ3v) is 7.29. The second-order valence-corrected chi connectivity index (χ2v) is 9.43. The average molecular weight is 467 g/mol. The van der Waals surface area contributed by atoms with Crippen molar-refractivity contribution in [1.29, 1.82) is 0 Å². The zero-order valence-electron chi connectivity index (χ0n) is 16.6. The molecule has 2 aliphatic rings. The summed E-state index contributed by atoms with van der Waals surface area (Å²) in [6, 6.07) is 5.60. The van der Waals surface area contributed by atoms with Gasteiger partial charge in [0.1, 0.15) is 0 Å². The predicted molar refractivity (Wildman–Crippen MR) is 122 cm³/mol. The predicted octanol–water partition coefficient (Wildman–Crippen LogP) is 4.47. The molecular weight excluding hydrogens is 443 g/mol. The lowest BCUT2D eigenvalue weighted by atomic mass is 10.1. The van der Waals surface area contributed by atoms with E-state index in [1.165, 1.54) is 11.3 Å². The van der Waals surface area contributed by atoms with Crippen molar-refractivity contribution in [3.63, 3.8) is 0 Å². The Labute approximate surface area is 190 Å². The number of halogens is 2. The van der Waals surface area contributed by atoms with Crippen LogP contribution < -0.4 is 10.2 Å². The maximum atomic E-state index is 12.7. The van der Waals surface area contributed by atoms with E-state index in [4.69, 9.17) is 23.2 Å². The van der Waals surface area contributed by atoms with Gasteiger partial charge >= 0.3 is 0 Å². The molecule has 1 aliphatic heterocycles. The molecule has 0 spiro atoms. The number of benzene rings is 1. The molecule has 2 heterocycles. The first kappa shape index (κ1) is 21.4. The lowest BCUT2D eigenvalue weighted by molar-refractivity contribution is -0.130. The Morgan fingerprint density at radius 3 is 2.53 bits per heavy atom. The van der Waals surface area contributed by atoms with Crippen LogP contribution in [0.2, 0.25) is 10.0 Å². The lowest BCUT2D eigenvalue weighted by Gasteiger charge is -2.36. The molecule has 0 radical (unpaired) electrons. The monoisotopic (exact) mass is 466 g/mol. The van der Waals surface area contributed by atoms with Crippen molar-refractivity contribution in [3.8, 4) is 0 Å². The van der Waals surface area contributed by atoms with Gasteiger partial charge in [0.25, 0.3) is 0 Å². The summed E-state index contributed by atoms with van der Waals surface area (Å²) >= 11 is 13.5. The van der Waals surface area contributed by atoms with Gasteiger partial charge in [0, 0.05) is 43.2 Å². The molecule has 1 aromatic heterocycles. The zero-order valence-corrected chi connectivity index (χ0v) is 18.9. The van der Waals surface area contributed by atoms with Gasteiger partial charge in [0.15, 0.2) is 5.13 Å². The number of thiazole rings is 1. The van der Waals surface area contributed by atoms with E-state index in [9.17, 15) is 9.59 Å². The summed E-state index contributed by atoms with van der Waals surface area (Å²) in [6.45, 7) is 2.77. The first-order valence-corrected chi connectivity index (χ1v) is 11.9. The van der Waals surface area contributed by atoms with E-state index >= 15 is 0 Å². The molecule has 0 atom stereocenters. The Morgan fingerprint density at radius 2 is 1.83 bits per heavy atom. The van der Waals surface area contributed by atoms with Gasteiger partial charge in [-0.3, -0.25) is 9.59 Å². The van der Waals surface area contributed by atoms with Crippen LogP contribution in [-0.4, -0.2) is 47.9 Å². The number of carbonyl (C=O) groups excluding carboxylic acids is 2. The summed E-state index contributed by atoms with van der Waals surface area (Å²) in [5.41, 5.74) is 1.72. The van der Waals surface area contributed by atoms with Crippen LogP contribution in [0.3, 0.4) is 0 Å².